The molecule has 0 aliphatic rings. The van der Waals surface area contributed by atoms with E-state index < -0.39 is 5.97 Å². The molecular weight excluding hydrogens is 296 g/mol. The summed E-state index contributed by atoms with van der Waals surface area (Å²) in [6, 6.07) is 0. The van der Waals surface area contributed by atoms with Crippen LogP contribution < -0.4 is 5.11 Å². The Labute approximate surface area is 84.5 Å². The number of carboxylic acids is 1. The molecule has 0 amide bonds. The van der Waals surface area contributed by atoms with Gasteiger partial charge >= 0.3 is 0 Å². The van der Waals surface area contributed by atoms with Crippen molar-refractivity contribution < 1.29 is 9.90 Å². The van der Waals surface area contributed by atoms with Gasteiger partial charge in [-0.15, -0.1) is 11.3 Å². The molecule has 1 aromatic heterocycles. The molecule has 2 nitrogen and oxygen atoms in total. The van der Waals surface area contributed by atoms with Gasteiger partial charge < -0.3 is 9.90 Å². The molecule has 0 atom stereocenters. The normalized spacial score (nSPS) is 10.1. The molecule has 0 aliphatic carbocycles. The molecule has 1 rings (SSSR count). The molecule has 0 N–H and O–H groups in total. The second-order valence-corrected chi connectivity index (χ2v) is 5.06. The number of hydrogen-bond donors (Lipinski definition) is 0. The molecule has 11 heavy (non-hydrogen) atoms. The van der Waals surface area contributed by atoms with Gasteiger partial charge in [0.15, 0.2) is 0 Å². The number of hydrogen-bond acceptors (Lipinski definition) is 3. The fraction of sp³-hybridized carbons (Fsp3) is 0.167. The minimum Gasteiger partial charge on any atom is -0.544 e. The zero-order chi connectivity index (χ0) is 8.59. The summed E-state index contributed by atoms with van der Waals surface area (Å²) in [4.78, 5) is 10.7. The van der Waals surface area contributed by atoms with Crippen LogP contribution in [-0.2, 0) is 0 Å². The van der Waals surface area contributed by atoms with Crippen LogP contribution in [0.5, 0.6) is 0 Å². The highest BCUT2D eigenvalue weighted by atomic mass is 79.9. The molecule has 0 unspecified atom stereocenters. The Hall–Kier alpha value is 0.130. The molecule has 0 aliphatic heterocycles. The number of carbonyl (C=O) groups excluding carboxylic acids is 1. The summed E-state index contributed by atoms with van der Waals surface area (Å²) < 4.78 is 1.58. The summed E-state index contributed by atoms with van der Waals surface area (Å²) >= 11 is 7.61. The first-order chi connectivity index (χ1) is 5.04. The van der Waals surface area contributed by atoms with Gasteiger partial charge in [0.2, 0.25) is 0 Å². The number of thiophene rings is 1. The van der Waals surface area contributed by atoms with Gasteiger partial charge in [-0.25, -0.2) is 0 Å². The second kappa shape index (κ2) is 3.25. The predicted molar refractivity (Wildman–Crippen MR) is 48.8 cm³/mol. The smallest absolute Gasteiger partial charge is 0.0850 e. The summed E-state index contributed by atoms with van der Waals surface area (Å²) in [6.07, 6.45) is 0. The van der Waals surface area contributed by atoms with Gasteiger partial charge in [0.25, 0.3) is 0 Å². The monoisotopic (exact) mass is 297 g/mol. The standard InChI is InChI=1S/C6H4Br2O2S/c1-2-3(7)5(8)11-4(2)6(9)10/h1H3,(H,9,10)/p-1. The molecule has 0 fully saturated rings. The van der Waals surface area contributed by atoms with Crippen LogP contribution >= 0.6 is 43.2 Å². The van der Waals surface area contributed by atoms with Gasteiger partial charge in [0.1, 0.15) is 0 Å². The maximum atomic E-state index is 10.4. The van der Waals surface area contributed by atoms with Crippen LogP contribution in [0.25, 0.3) is 0 Å². The first-order valence-corrected chi connectivity index (χ1v) is 5.10. The van der Waals surface area contributed by atoms with Gasteiger partial charge in [0, 0.05) is 4.47 Å². The SMILES string of the molecule is Cc1c(C(=O)[O-])sc(Br)c1Br. The zero-order valence-corrected chi connectivity index (χ0v) is 9.47. The highest BCUT2D eigenvalue weighted by molar-refractivity contribution is 9.13. The largest absolute Gasteiger partial charge is 0.544 e. The van der Waals surface area contributed by atoms with Crippen LogP contribution in [0.2, 0.25) is 0 Å². The molecule has 60 valence electrons. The van der Waals surface area contributed by atoms with E-state index in [1.165, 1.54) is 0 Å². The quantitative estimate of drug-likeness (QED) is 0.795. The van der Waals surface area contributed by atoms with Gasteiger partial charge in [-0.2, -0.15) is 0 Å². The minimum atomic E-state index is -1.13. The van der Waals surface area contributed by atoms with Crippen molar-refractivity contribution in [3.63, 3.8) is 0 Å². The summed E-state index contributed by atoms with van der Waals surface area (Å²) in [5.74, 6) is -1.13. The summed E-state index contributed by atoms with van der Waals surface area (Å²) in [5, 5.41) is 10.4. The molecule has 0 saturated carbocycles. The Morgan fingerprint density at radius 3 is 2.27 bits per heavy atom. The molecular formula is C6H3Br2O2S-. The molecule has 5 heteroatoms. The maximum absolute atomic E-state index is 10.4. The van der Waals surface area contributed by atoms with E-state index in [2.05, 4.69) is 31.9 Å². The van der Waals surface area contributed by atoms with Gasteiger partial charge in [0.05, 0.1) is 14.6 Å². The molecule has 0 radical (unpaired) electrons. The number of halogens is 2. The predicted octanol–water partition coefficient (Wildman–Crippen LogP) is 1.95. The summed E-state index contributed by atoms with van der Waals surface area (Å²) in [7, 11) is 0. The van der Waals surface area contributed by atoms with Crippen molar-refractivity contribution in [2.24, 2.45) is 0 Å². The van der Waals surface area contributed by atoms with E-state index in [9.17, 15) is 9.90 Å². The van der Waals surface area contributed by atoms with Crippen LogP contribution in [0.3, 0.4) is 0 Å². The van der Waals surface area contributed by atoms with Crippen molar-refractivity contribution in [1.82, 2.24) is 0 Å². The third-order valence-corrected chi connectivity index (χ3v) is 4.95. The molecule has 1 heterocycles. The van der Waals surface area contributed by atoms with Crippen LogP contribution in [-0.4, -0.2) is 5.97 Å². The van der Waals surface area contributed by atoms with Crippen LogP contribution in [0.1, 0.15) is 15.2 Å². The lowest BCUT2D eigenvalue weighted by molar-refractivity contribution is -0.254. The van der Waals surface area contributed by atoms with E-state index in [-0.39, 0.29) is 4.88 Å². The van der Waals surface area contributed by atoms with E-state index in [0.717, 1.165) is 19.6 Å². The Balaban J connectivity index is 3.29. The molecule has 0 bridgehead atoms. The van der Waals surface area contributed by atoms with Crippen LogP contribution in [0.4, 0.5) is 0 Å². The average Bonchev–Trinajstić information content (AvgIpc) is 2.17. The Morgan fingerprint density at radius 2 is 2.09 bits per heavy atom. The fourth-order valence-electron chi connectivity index (χ4n) is 0.653. The number of aromatic carboxylic acids is 1. The highest BCUT2D eigenvalue weighted by Crippen LogP contribution is 2.36. The highest BCUT2D eigenvalue weighted by Gasteiger charge is 2.10. The van der Waals surface area contributed by atoms with Crippen LogP contribution in [0.15, 0.2) is 8.26 Å². The van der Waals surface area contributed by atoms with Crippen molar-refractivity contribution in [2.75, 3.05) is 0 Å². The molecule has 0 saturated heterocycles. The minimum absolute atomic E-state index is 0.267. The first-order valence-electron chi connectivity index (χ1n) is 2.69. The third kappa shape index (κ3) is 1.65. The third-order valence-electron chi connectivity index (χ3n) is 1.22. The lowest BCUT2D eigenvalue weighted by Crippen LogP contribution is -2.21. The van der Waals surface area contributed by atoms with Crippen molar-refractivity contribution >= 4 is 49.2 Å². The summed E-state index contributed by atoms with van der Waals surface area (Å²) in [5.41, 5.74) is 0.710. The molecule has 1 aromatic rings. The topological polar surface area (TPSA) is 40.1 Å². The van der Waals surface area contributed by atoms with Gasteiger partial charge in [-0.3, -0.25) is 0 Å². The lowest BCUT2D eigenvalue weighted by Gasteiger charge is -1.97. The van der Waals surface area contributed by atoms with Gasteiger partial charge in [-0.1, -0.05) is 0 Å². The van der Waals surface area contributed by atoms with Crippen molar-refractivity contribution in [2.45, 2.75) is 6.92 Å². The fourth-order valence-corrected chi connectivity index (χ4v) is 2.77. The Morgan fingerprint density at radius 1 is 1.55 bits per heavy atom. The van der Waals surface area contributed by atoms with E-state index >= 15 is 0 Å². The van der Waals surface area contributed by atoms with Crippen molar-refractivity contribution in [3.05, 3.63) is 18.7 Å². The van der Waals surface area contributed by atoms with Crippen molar-refractivity contribution in [3.8, 4) is 0 Å². The van der Waals surface area contributed by atoms with Crippen LogP contribution in [0, 0.1) is 6.92 Å². The number of carbonyl (C=O) groups is 1. The lowest BCUT2D eigenvalue weighted by atomic mass is 10.3. The zero-order valence-electron chi connectivity index (χ0n) is 5.48. The molecule has 0 spiro atoms. The van der Waals surface area contributed by atoms with E-state index in [1.54, 1.807) is 6.92 Å². The number of rotatable bonds is 1. The summed E-state index contributed by atoms with van der Waals surface area (Å²) in [6.45, 7) is 1.73. The Kier molecular flexibility index (Phi) is 2.72. The Bertz CT molecular complexity index is 306. The van der Waals surface area contributed by atoms with E-state index in [4.69, 9.17) is 0 Å². The van der Waals surface area contributed by atoms with Crippen molar-refractivity contribution in [1.29, 1.82) is 0 Å². The second-order valence-electron chi connectivity index (χ2n) is 1.93. The maximum Gasteiger partial charge on any atom is 0.0850 e. The first kappa shape index (κ1) is 9.22. The van der Waals surface area contributed by atoms with E-state index in [0.29, 0.717) is 5.56 Å². The molecule has 0 aromatic carbocycles. The van der Waals surface area contributed by atoms with Gasteiger partial charge in [-0.05, 0) is 44.3 Å². The van der Waals surface area contributed by atoms with E-state index in [1.807, 2.05) is 0 Å². The number of carboxylic acid groups (broad SMARTS) is 1. The average molecular weight is 299 g/mol.